The monoisotopic (exact) mass is 244 g/mol. The molecule has 0 spiro atoms. The summed E-state index contributed by atoms with van der Waals surface area (Å²) in [5.41, 5.74) is 0.206. The van der Waals surface area contributed by atoms with Crippen molar-refractivity contribution in [1.82, 2.24) is 0 Å². The molecule has 0 amide bonds. The van der Waals surface area contributed by atoms with Crippen LogP contribution in [-0.2, 0) is 4.74 Å². The summed E-state index contributed by atoms with van der Waals surface area (Å²) in [6.07, 6.45) is 4.49. The molecule has 96 valence electrons. The molecule has 0 saturated heterocycles. The zero-order valence-corrected chi connectivity index (χ0v) is 12.8. The zero-order chi connectivity index (χ0) is 13.0. The lowest BCUT2D eigenvalue weighted by Gasteiger charge is -2.21. The highest BCUT2D eigenvalue weighted by Crippen LogP contribution is 2.33. The Kier molecular flexibility index (Phi) is 12.8. The number of hydrogen-bond acceptors (Lipinski definition) is 2. The van der Waals surface area contributed by atoms with Gasteiger partial charge in [-0.2, -0.15) is 0 Å². The van der Waals surface area contributed by atoms with Gasteiger partial charge in [0.25, 0.3) is 0 Å². The Bertz CT molecular complexity index is 205. The van der Waals surface area contributed by atoms with Crippen molar-refractivity contribution in [3.63, 3.8) is 0 Å². The van der Waals surface area contributed by atoms with E-state index in [-0.39, 0.29) is 5.41 Å². The second kappa shape index (κ2) is 11.3. The Morgan fingerprint density at radius 3 is 2.19 bits per heavy atom. The molecule has 0 bridgehead atoms. The number of ether oxygens (including phenoxy) is 1. The Morgan fingerprint density at radius 2 is 1.75 bits per heavy atom. The molecule has 0 unspecified atom stereocenters. The fraction of sp³-hybridized carbons (Fsp3) is 0.714. The molecule has 0 aromatic carbocycles. The van der Waals surface area contributed by atoms with Crippen molar-refractivity contribution in [2.45, 2.75) is 48.5 Å². The molecule has 0 atom stereocenters. The summed E-state index contributed by atoms with van der Waals surface area (Å²) in [5, 5.41) is 2.15. The lowest BCUT2D eigenvalue weighted by atomic mass is 9.93. The predicted octanol–water partition coefficient (Wildman–Crippen LogP) is 5.25. The summed E-state index contributed by atoms with van der Waals surface area (Å²) in [6.45, 7) is 16.0. The Morgan fingerprint density at radius 1 is 1.19 bits per heavy atom. The third-order valence-corrected chi connectivity index (χ3v) is 2.51. The van der Waals surface area contributed by atoms with Gasteiger partial charge in [0.1, 0.15) is 0 Å². The van der Waals surface area contributed by atoms with Gasteiger partial charge in [-0.1, -0.05) is 53.7 Å². The third-order valence-electron chi connectivity index (χ3n) is 1.70. The maximum Gasteiger partial charge on any atom is 0.0775 e. The quantitative estimate of drug-likeness (QED) is 0.671. The number of allylic oxidation sites excluding steroid dienone is 2. The van der Waals surface area contributed by atoms with Crippen LogP contribution >= 0.6 is 11.8 Å². The molecule has 1 rings (SSSR count). The van der Waals surface area contributed by atoms with Crippen LogP contribution in [0.1, 0.15) is 48.5 Å². The number of rotatable bonds is 3. The Balaban J connectivity index is 0. The van der Waals surface area contributed by atoms with Crippen molar-refractivity contribution in [2.24, 2.45) is 5.41 Å². The molecule has 0 N–H and O–H groups in total. The first-order valence-electron chi connectivity index (χ1n) is 6.28. The number of hydrogen-bond donors (Lipinski definition) is 0. The van der Waals surface area contributed by atoms with E-state index in [0.29, 0.717) is 0 Å². The predicted molar refractivity (Wildman–Crippen MR) is 77.8 cm³/mol. The summed E-state index contributed by atoms with van der Waals surface area (Å²) >= 11 is 1.76. The molecule has 1 nitrogen and oxygen atoms in total. The minimum absolute atomic E-state index is 0.206. The van der Waals surface area contributed by atoms with Gasteiger partial charge >= 0.3 is 0 Å². The van der Waals surface area contributed by atoms with E-state index in [0.717, 1.165) is 13.2 Å². The van der Waals surface area contributed by atoms with Crippen molar-refractivity contribution in [3.8, 4) is 0 Å². The van der Waals surface area contributed by atoms with Crippen LogP contribution in [0.25, 0.3) is 0 Å². The van der Waals surface area contributed by atoms with E-state index >= 15 is 0 Å². The van der Waals surface area contributed by atoms with E-state index in [2.05, 4.69) is 31.4 Å². The fourth-order valence-corrected chi connectivity index (χ4v) is 2.19. The maximum absolute atomic E-state index is 5.34. The lowest BCUT2D eigenvalue weighted by Crippen LogP contribution is -2.08. The SMILES string of the molecule is CC.CC.CCOCC1=CC(C)(C)C=CS1. The fourth-order valence-electron chi connectivity index (χ4n) is 1.07. The largest absolute Gasteiger partial charge is 0.377 e. The highest BCUT2D eigenvalue weighted by Gasteiger charge is 2.15. The van der Waals surface area contributed by atoms with Crippen molar-refractivity contribution < 1.29 is 4.74 Å². The summed E-state index contributed by atoms with van der Waals surface area (Å²) in [5.74, 6) is 0. The van der Waals surface area contributed by atoms with Gasteiger partial charge in [-0.05, 0) is 12.3 Å². The van der Waals surface area contributed by atoms with Gasteiger partial charge in [0, 0.05) is 16.9 Å². The maximum atomic E-state index is 5.34. The van der Waals surface area contributed by atoms with Gasteiger partial charge in [0.15, 0.2) is 0 Å². The van der Waals surface area contributed by atoms with Crippen molar-refractivity contribution in [2.75, 3.05) is 13.2 Å². The summed E-state index contributed by atoms with van der Waals surface area (Å²) in [4.78, 5) is 1.32. The standard InChI is InChI=1S/C10H16OS.2C2H6/c1-4-11-8-9-7-10(2,3)5-6-12-9;2*1-2/h5-7H,4,8H2,1-3H3;2*1-2H3. The van der Waals surface area contributed by atoms with Crippen LogP contribution in [0, 0.1) is 5.41 Å². The summed E-state index contributed by atoms with van der Waals surface area (Å²) in [6, 6.07) is 0. The number of thioether (sulfide) groups is 1. The van der Waals surface area contributed by atoms with Crippen LogP contribution in [0.3, 0.4) is 0 Å². The van der Waals surface area contributed by atoms with E-state index in [9.17, 15) is 0 Å². The first-order chi connectivity index (χ1) is 7.64. The zero-order valence-electron chi connectivity index (χ0n) is 12.0. The molecule has 1 aliphatic heterocycles. The van der Waals surface area contributed by atoms with Gasteiger partial charge in [-0.3, -0.25) is 0 Å². The molecule has 1 heterocycles. The highest BCUT2D eigenvalue weighted by atomic mass is 32.2. The summed E-state index contributed by atoms with van der Waals surface area (Å²) < 4.78 is 5.34. The van der Waals surface area contributed by atoms with Crippen LogP contribution in [-0.4, -0.2) is 13.2 Å². The second-order valence-corrected chi connectivity index (χ2v) is 4.52. The van der Waals surface area contributed by atoms with E-state index in [4.69, 9.17) is 4.74 Å². The average Bonchev–Trinajstić information content (AvgIpc) is 2.30. The normalized spacial score (nSPS) is 16.3. The van der Waals surface area contributed by atoms with Crippen molar-refractivity contribution in [3.05, 3.63) is 22.5 Å². The molecular weight excluding hydrogens is 216 g/mol. The Labute approximate surface area is 106 Å². The molecule has 0 aliphatic carbocycles. The van der Waals surface area contributed by atoms with Crippen LogP contribution in [0.4, 0.5) is 0 Å². The molecule has 0 saturated carbocycles. The van der Waals surface area contributed by atoms with Gasteiger partial charge in [0.05, 0.1) is 6.61 Å². The smallest absolute Gasteiger partial charge is 0.0775 e. The van der Waals surface area contributed by atoms with Crippen LogP contribution < -0.4 is 0 Å². The minimum atomic E-state index is 0.206. The van der Waals surface area contributed by atoms with Gasteiger partial charge in [-0.15, -0.1) is 11.8 Å². The molecule has 16 heavy (non-hydrogen) atoms. The highest BCUT2D eigenvalue weighted by molar-refractivity contribution is 8.05. The van der Waals surface area contributed by atoms with Gasteiger partial charge in [0.2, 0.25) is 0 Å². The molecular formula is C14H28OS. The van der Waals surface area contributed by atoms with Crippen molar-refractivity contribution in [1.29, 1.82) is 0 Å². The minimum Gasteiger partial charge on any atom is -0.377 e. The molecule has 0 fully saturated rings. The first-order valence-corrected chi connectivity index (χ1v) is 7.16. The molecule has 0 aromatic heterocycles. The first kappa shape index (κ1) is 18.2. The molecule has 1 aliphatic rings. The van der Waals surface area contributed by atoms with Gasteiger partial charge in [-0.25, -0.2) is 0 Å². The topological polar surface area (TPSA) is 9.23 Å². The van der Waals surface area contributed by atoms with Crippen LogP contribution in [0.15, 0.2) is 22.5 Å². The van der Waals surface area contributed by atoms with Crippen molar-refractivity contribution >= 4 is 11.8 Å². The van der Waals surface area contributed by atoms with E-state index < -0.39 is 0 Å². The lowest BCUT2D eigenvalue weighted by molar-refractivity contribution is 0.175. The van der Waals surface area contributed by atoms with E-state index in [1.54, 1.807) is 11.8 Å². The molecule has 2 heteroatoms. The molecule has 0 aromatic rings. The Hall–Kier alpha value is -0.210. The van der Waals surface area contributed by atoms with Crippen LogP contribution in [0.2, 0.25) is 0 Å². The van der Waals surface area contributed by atoms with Gasteiger partial charge < -0.3 is 4.74 Å². The van der Waals surface area contributed by atoms with Crippen LogP contribution in [0.5, 0.6) is 0 Å². The summed E-state index contributed by atoms with van der Waals surface area (Å²) in [7, 11) is 0. The molecule has 0 radical (unpaired) electrons. The second-order valence-electron chi connectivity index (χ2n) is 3.49. The average molecular weight is 244 g/mol. The third kappa shape index (κ3) is 9.05. The van der Waals surface area contributed by atoms with E-state index in [1.165, 1.54) is 4.91 Å². The van der Waals surface area contributed by atoms with E-state index in [1.807, 2.05) is 34.6 Å².